The Morgan fingerprint density at radius 2 is 1.44 bits per heavy atom. The van der Waals surface area contributed by atoms with Crippen molar-refractivity contribution in [2.45, 2.75) is 6.61 Å². The molecule has 0 aliphatic heterocycles. The van der Waals surface area contributed by atoms with Crippen LogP contribution in [0.2, 0.25) is 0 Å². The van der Waals surface area contributed by atoms with Crippen LogP contribution in [0.1, 0.15) is 11.1 Å². The minimum atomic E-state index is -0.424. The summed E-state index contributed by atoms with van der Waals surface area (Å²) >= 11 is 0. The first-order valence-electron chi connectivity index (χ1n) is 7.62. The highest BCUT2D eigenvalue weighted by Crippen LogP contribution is 2.23. The lowest BCUT2D eigenvalue weighted by molar-refractivity contribution is -0.384. The minimum absolute atomic E-state index is 0.0653. The van der Waals surface area contributed by atoms with E-state index in [0.717, 1.165) is 22.4 Å². The Labute approximate surface area is 144 Å². The number of nitro benzene ring substituents is 1. The maximum Gasteiger partial charge on any atom is 0.269 e. The zero-order chi connectivity index (χ0) is 17.6. The standard InChI is InChI=1S/C20H14N2O3/c21-13-15-1-5-17(6-2-15)18-7-11-20(12-8-18)25-14-16-3-9-19(10-4-16)22(23)24/h1-12H,14H2. The maximum absolute atomic E-state index is 10.6. The Morgan fingerprint density at radius 3 is 1.96 bits per heavy atom. The molecular formula is C20H14N2O3. The van der Waals surface area contributed by atoms with Gasteiger partial charge in [0.25, 0.3) is 5.69 Å². The predicted octanol–water partition coefficient (Wildman–Crippen LogP) is 4.71. The number of hydrogen-bond acceptors (Lipinski definition) is 4. The smallest absolute Gasteiger partial charge is 0.269 e. The lowest BCUT2D eigenvalue weighted by Gasteiger charge is -2.08. The van der Waals surface area contributed by atoms with E-state index >= 15 is 0 Å². The molecule has 5 nitrogen and oxygen atoms in total. The molecule has 0 aliphatic carbocycles. The summed E-state index contributed by atoms with van der Waals surface area (Å²) in [4.78, 5) is 10.2. The van der Waals surface area contributed by atoms with E-state index in [1.807, 2.05) is 36.4 Å². The van der Waals surface area contributed by atoms with Gasteiger partial charge < -0.3 is 4.74 Å². The van der Waals surface area contributed by atoms with Crippen LogP contribution in [0.15, 0.2) is 72.8 Å². The van der Waals surface area contributed by atoms with Gasteiger partial charge >= 0.3 is 0 Å². The Hall–Kier alpha value is -3.65. The van der Waals surface area contributed by atoms with Crippen LogP contribution in [0.4, 0.5) is 5.69 Å². The second-order valence-corrected chi connectivity index (χ2v) is 5.43. The highest BCUT2D eigenvalue weighted by molar-refractivity contribution is 5.64. The molecule has 0 saturated heterocycles. The molecule has 0 N–H and O–H groups in total. The summed E-state index contributed by atoms with van der Waals surface area (Å²) in [7, 11) is 0. The lowest BCUT2D eigenvalue weighted by atomic mass is 10.0. The molecule has 0 aromatic heterocycles. The number of hydrogen-bond donors (Lipinski definition) is 0. The number of non-ortho nitro benzene ring substituents is 1. The minimum Gasteiger partial charge on any atom is -0.489 e. The van der Waals surface area contributed by atoms with Crippen molar-refractivity contribution in [1.29, 1.82) is 5.26 Å². The van der Waals surface area contributed by atoms with Crippen LogP contribution in [-0.2, 0) is 6.61 Å². The number of nitrogens with zero attached hydrogens (tertiary/aromatic N) is 2. The van der Waals surface area contributed by atoms with Crippen molar-refractivity contribution in [1.82, 2.24) is 0 Å². The summed E-state index contributed by atoms with van der Waals surface area (Å²) in [5.74, 6) is 0.718. The van der Waals surface area contributed by atoms with Gasteiger partial charge in [-0.25, -0.2) is 0 Å². The van der Waals surface area contributed by atoms with Gasteiger partial charge in [-0.3, -0.25) is 10.1 Å². The van der Waals surface area contributed by atoms with E-state index in [4.69, 9.17) is 10.00 Å². The maximum atomic E-state index is 10.6. The molecule has 0 fully saturated rings. The molecule has 122 valence electrons. The fourth-order valence-electron chi connectivity index (χ4n) is 2.36. The van der Waals surface area contributed by atoms with Gasteiger partial charge in [-0.15, -0.1) is 0 Å². The second-order valence-electron chi connectivity index (χ2n) is 5.43. The zero-order valence-electron chi connectivity index (χ0n) is 13.3. The average molecular weight is 330 g/mol. The van der Waals surface area contributed by atoms with Crippen molar-refractivity contribution in [2.75, 3.05) is 0 Å². The molecule has 0 aliphatic rings. The van der Waals surface area contributed by atoms with Crippen molar-refractivity contribution in [2.24, 2.45) is 0 Å². The fourth-order valence-corrected chi connectivity index (χ4v) is 2.36. The van der Waals surface area contributed by atoms with Gasteiger partial charge in [0.2, 0.25) is 0 Å². The van der Waals surface area contributed by atoms with Crippen LogP contribution in [0.3, 0.4) is 0 Å². The third kappa shape index (κ3) is 4.01. The van der Waals surface area contributed by atoms with Crippen LogP contribution < -0.4 is 4.74 Å². The molecule has 5 heteroatoms. The van der Waals surface area contributed by atoms with E-state index in [1.54, 1.807) is 24.3 Å². The molecule has 0 amide bonds. The van der Waals surface area contributed by atoms with Crippen molar-refractivity contribution < 1.29 is 9.66 Å². The molecule has 25 heavy (non-hydrogen) atoms. The predicted molar refractivity (Wildman–Crippen MR) is 94.0 cm³/mol. The largest absolute Gasteiger partial charge is 0.489 e. The first-order chi connectivity index (χ1) is 12.2. The van der Waals surface area contributed by atoms with Crippen LogP contribution in [0.5, 0.6) is 5.75 Å². The van der Waals surface area contributed by atoms with Gasteiger partial charge in [-0.2, -0.15) is 5.26 Å². The number of nitro groups is 1. The van der Waals surface area contributed by atoms with Gasteiger partial charge in [0, 0.05) is 12.1 Å². The number of nitriles is 1. The molecule has 0 atom stereocenters. The number of ether oxygens (including phenoxy) is 1. The zero-order valence-corrected chi connectivity index (χ0v) is 13.3. The van der Waals surface area contributed by atoms with E-state index in [2.05, 4.69) is 6.07 Å². The first kappa shape index (κ1) is 16.2. The third-order valence-electron chi connectivity index (χ3n) is 3.75. The van der Waals surface area contributed by atoms with Crippen molar-refractivity contribution >= 4 is 5.69 Å². The van der Waals surface area contributed by atoms with Gasteiger partial charge in [0.1, 0.15) is 12.4 Å². The molecule has 0 unspecified atom stereocenters. The average Bonchev–Trinajstić information content (AvgIpc) is 2.67. The molecule has 0 radical (unpaired) electrons. The van der Waals surface area contributed by atoms with Crippen LogP contribution in [0, 0.1) is 21.4 Å². The third-order valence-corrected chi connectivity index (χ3v) is 3.75. The van der Waals surface area contributed by atoms with E-state index in [0.29, 0.717) is 12.2 Å². The van der Waals surface area contributed by atoms with E-state index < -0.39 is 4.92 Å². The summed E-state index contributed by atoms with van der Waals surface area (Å²) in [6.45, 7) is 0.341. The Kier molecular flexibility index (Phi) is 4.72. The summed E-state index contributed by atoms with van der Waals surface area (Å²) < 4.78 is 5.71. The van der Waals surface area contributed by atoms with Crippen LogP contribution >= 0.6 is 0 Å². The fraction of sp³-hybridized carbons (Fsp3) is 0.0500. The lowest BCUT2D eigenvalue weighted by Crippen LogP contribution is -1.96. The number of benzene rings is 3. The molecule has 3 aromatic carbocycles. The van der Waals surface area contributed by atoms with Gasteiger partial charge in [0.15, 0.2) is 0 Å². The summed E-state index contributed by atoms with van der Waals surface area (Å²) in [5.41, 5.74) is 3.62. The molecule has 0 bridgehead atoms. The highest BCUT2D eigenvalue weighted by Gasteiger charge is 2.04. The summed E-state index contributed by atoms with van der Waals surface area (Å²) in [5, 5.41) is 19.5. The molecule has 3 aromatic rings. The first-order valence-corrected chi connectivity index (χ1v) is 7.62. The normalized spacial score (nSPS) is 10.0. The Bertz CT molecular complexity index is 909. The summed E-state index contributed by atoms with van der Waals surface area (Å²) in [6.07, 6.45) is 0. The van der Waals surface area contributed by atoms with Gasteiger partial charge in [-0.05, 0) is 53.1 Å². The Morgan fingerprint density at radius 1 is 0.880 bits per heavy atom. The van der Waals surface area contributed by atoms with Gasteiger partial charge in [0.05, 0.1) is 16.6 Å². The SMILES string of the molecule is N#Cc1ccc(-c2ccc(OCc3ccc([N+](=O)[O-])cc3)cc2)cc1. The molecule has 0 saturated carbocycles. The van der Waals surface area contributed by atoms with E-state index in [-0.39, 0.29) is 5.69 Å². The monoisotopic (exact) mass is 330 g/mol. The molecular weight excluding hydrogens is 316 g/mol. The van der Waals surface area contributed by atoms with Crippen molar-refractivity contribution in [3.05, 3.63) is 94.0 Å². The second kappa shape index (κ2) is 7.28. The van der Waals surface area contributed by atoms with Gasteiger partial charge in [-0.1, -0.05) is 24.3 Å². The van der Waals surface area contributed by atoms with Crippen molar-refractivity contribution in [3.8, 4) is 22.9 Å². The Balaban J connectivity index is 1.64. The molecule has 0 heterocycles. The topological polar surface area (TPSA) is 76.2 Å². The molecule has 0 spiro atoms. The summed E-state index contributed by atoms with van der Waals surface area (Å²) in [6, 6.07) is 23.4. The van der Waals surface area contributed by atoms with E-state index in [9.17, 15) is 10.1 Å². The molecule has 3 rings (SSSR count). The number of rotatable bonds is 5. The van der Waals surface area contributed by atoms with Crippen LogP contribution in [-0.4, -0.2) is 4.92 Å². The van der Waals surface area contributed by atoms with Crippen LogP contribution in [0.25, 0.3) is 11.1 Å². The van der Waals surface area contributed by atoms with Crippen molar-refractivity contribution in [3.63, 3.8) is 0 Å². The van der Waals surface area contributed by atoms with E-state index in [1.165, 1.54) is 12.1 Å². The quantitative estimate of drug-likeness (QED) is 0.501. The highest BCUT2D eigenvalue weighted by atomic mass is 16.6.